The van der Waals surface area contributed by atoms with Gasteiger partial charge in [-0.3, -0.25) is 0 Å². The highest BCUT2D eigenvalue weighted by atomic mass is 14.3. The Morgan fingerprint density at radius 1 is 1.21 bits per heavy atom. The van der Waals surface area contributed by atoms with E-state index in [9.17, 15) is 0 Å². The second kappa shape index (κ2) is 4.63. The predicted molar refractivity (Wildman–Crippen MR) is 64.3 cm³/mol. The molecule has 0 bridgehead atoms. The van der Waals surface area contributed by atoms with Crippen molar-refractivity contribution in [1.29, 1.82) is 0 Å². The van der Waals surface area contributed by atoms with Gasteiger partial charge < -0.3 is 0 Å². The molecule has 0 heteroatoms. The molecule has 1 rings (SSSR count). The third-order valence-electron chi connectivity index (χ3n) is 3.11. The Hall–Kier alpha value is -0.780. The van der Waals surface area contributed by atoms with Crippen LogP contribution in [0.25, 0.3) is 0 Å². The maximum Gasteiger partial charge on any atom is -0.0104 e. The van der Waals surface area contributed by atoms with E-state index >= 15 is 0 Å². The van der Waals surface area contributed by atoms with Crippen LogP contribution < -0.4 is 0 Å². The average Bonchev–Trinajstić information content (AvgIpc) is 2.09. The zero-order chi connectivity index (χ0) is 10.6. The van der Waals surface area contributed by atoms with E-state index in [1.165, 1.54) is 19.3 Å². The average molecular weight is 190 g/mol. The van der Waals surface area contributed by atoms with Crippen molar-refractivity contribution in [2.45, 2.75) is 47.0 Å². The second-order valence-electron chi connectivity index (χ2n) is 4.82. The first-order valence-corrected chi connectivity index (χ1v) is 5.57. The quantitative estimate of drug-likeness (QED) is 0.556. The van der Waals surface area contributed by atoms with Crippen LogP contribution in [0.3, 0.4) is 0 Å². The molecule has 78 valence electrons. The van der Waals surface area contributed by atoms with Crippen LogP contribution in [0.15, 0.2) is 35.5 Å². The molecule has 1 aliphatic rings. The Bertz CT molecular complexity index is 274. The molecule has 0 N–H and O–H groups in total. The van der Waals surface area contributed by atoms with E-state index in [-0.39, 0.29) is 0 Å². The Kier molecular flexibility index (Phi) is 3.74. The first-order chi connectivity index (χ1) is 6.58. The van der Waals surface area contributed by atoms with Crippen LogP contribution in [0.1, 0.15) is 47.0 Å². The zero-order valence-electron chi connectivity index (χ0n) is 9.93. The second-order valence-corrected chi connectivity index (χ2v) is 4.82. The first-order valence-electron chi connectivity index (χ1n) is 5.57. The molecule has 0 aromatic heterocycles. The van der Waals surface area contributed by atoms with Gasteiger partial charge in [-0.15, -0.1) is 0 Å². The number of hydrogen-bond acceptors (Lipinski definition) is 0. The van der Waals surface area contributed by atoms with Gasteiger partial charge in [-0.25, -0.2) is 0 Å². The number of rotatable bonds is 2. The molecule has 0 aromatic rings. The minimum Gasteiger partial charge on any atom is -0.0877 e. The molecule has 0 aliphatic heterocycles. The Morgan fingerprint density at radius 2 is 1.93 bits per heavy atom. The van der Waals surface area contributed by atoms with E-state index in [0.29, 0.717) is 5.41 Å². The zero-order valence-corrected chi connectivity index (χ0v) is 9.93. The van der Waals surface area contributed by atoms with Gasteiger partial charge in [-0.2, -0.15) is 0 Å². The maximum absolute atomic E-state index is 2.35. The molecular weight excluding hydrogens is 168 g/mol. The Labute approximate surface area is 88.4 Å². The molecule has 14 heavy (non-hydrogen) atoms. The minimum absolute atomic E-state index is 0.375. The first kappa shape index (κ1) is 11.3. The summed E-state index contributed by atoms with van der Waals surface area (Å²) in [4.78, 5) is 0. The molecule has 0 nitrogen and oxygen atoms in total. The van der Waals surface area contributed by atoms with Crippen LogP contribution in [-0.4, -0.2) is 0 Å². The predicted octanol–water partition coefficient (Wildman–Crippen LogP) is 4.65. The molecule has 0 saturated carbocycles. The van der Waals surface area contributed by atoms with Crippen molar-refractivity contribution in [3.8, 4) is 0 Å². The third kappa shape index (κ3) is 2.60. The molecule has 1 aliphatic carbocycles. The molecular formula is C14H22. The number of allylic oxidation sites excluding steroid dienone is 6. The summed E-state index contributed by atoms with van der Waals surface area (Å²) >= 11 is 0. The molecule has 0 saturated heterocycles. The molecule has 0 amide bonds. The fourth-order valence-corrected chi connectivity index (χ4v) is 2.27. The van der Waals surface area contributed by atoms with Gasteiger partial charge >= 0.3 is 0 Å². The largest absolute Gasteiger partial charge is 0.0877 e. The lowest BCUT2D eigenvalue weighted by atomic mass is 9.73. The Balaban J connectivity index is 2.90. The smallest absolute Gasteiger partial charge is 0.0104 e. The van der Waals surface area contributed by atoms with Gasteiger partial charge in [-0.05, 0) is 44.1 Å². The molecule has 0 fully saturated rings. The van der Waals surface area contributed by atoms with E-state index in [1.807, 2.05) is 0 Å². The van der Waals surface area contributed by atoms with Crippen molar-refractivity contribution < 1.29 is 0 Å². The van der Waals surface area contributed by atoms with Crippen LogP contribution in [0.2, 0.25) is 0 Å². The lowest BCUT2D eigenvalue weighted by Gasteiger charge is -2.32. The van der Waals surface area contributed by atoms with Crippen molar-refractivity contribution in [2.75, 3.05) is 0 Å². The van der Waals surface area contributed by atoms with E-state index in [2.05, 4.69) is 52.0 Å². The van der Waals surface area contributed by atoms with Crippen molar-refractivity contribution in [3.05, 3.63) is 35.5 Å². The molecule has 0 spiro atoms. The summed E-state index contributed by atoms with van der Waals surface area (Å²) in [6, 6.07) is 0. The standard InChI is InChI=1S/C14H22/c1-5-6-7-10-13-12(2)9-8-11-14(13,3)4/h5-7,10H,8-9,11H2,1-4H3. The van der Waals surface area contributed by atoms with Crippen LogP contribution in [0.4, 0.5) is 0 Å². The van der Waals surface area contributed by atoms with Crippen molar-refractivity contribution in [2.24, 2.45) is 5.41 Å². The van der Waals surface area contributed by atoms with Crippen LogP contribution >= 0.6 is 0 Å². The van der Waals surface area contributed by atoms with Gasteiger partial charge in [0.25, 0.3) is 0 Å². The van der Waals surface area contributed by atoms with E-state index in [4.69, 9.17) is 0 Å². The van der Waals surface area contributed by atoms with Gasteiger partial charge in [-0.1, -0.05) is 43.7 Å². The lowest BCUT2D eigenvalue weighted by molar-refractivity contribution is 0.377. The summed E-state index contributed by atoms with van der Waals surface area (Å²) in [5, 5.41) is 0. The molecule has 0 aromatic carbocycles. The lowest BCUT2D eigenvalue weighted by Crippen LogP contribution is -2.18. The van der Waals surface area contributed by atoms with Gasteiger partial charge in [0, 0.05) is 0 Å². The van der Waals surface area contributed by atoms with E-state index in [1.54, 1.807) is 11.1 Å². The third-order valence-corrected chi connectivity index (χ3v) is 3.11. The highest BCUT2D eigenvalue weighted by Gasteiger charge is 2.26. The summed E-state index contributed by atoms with van der Waals surface area (Å²) in [6.45, 7) is 9.03. The highest BCUT2D eigenvalue weighted by molar-refractivity contribution is 5.33. The highest BCUT2D eigenvalue weighted by Crippen LogP contribution is 2.40. The van der Waals surface area contributed by atoms with E-state index < -0.39 is 0 Å². The number of hydrogen-bond donors (Lipinski definition) is 0. The summed E-state index contributed by atoms with van der Waals surface area (Å²) in [6.07, 6.45) is 12.6. The summed E-state index contributed by atoms with van der Waals surface area (Å²) in [7, 11) is 0. The van der Waals surface area contributed by atoms with Crippen LogP contribution in [0, 0.1) is 5.41 Å². The molecule has 0 radical (unpaired) electrons. The van der Waals surface area contributed by atoms with Crippen molar-refractivity contribution in [1.82, 2.24) is 0 Å². The summed E-state index contributed by atoms with van der Waals surface area (Å²) in [5.74, 6) is 0. The fourth-order valence-electron chi connectivity index (χ4n) is 2.27. The monoisotopic (exact) mass is 190 g/mol. The molecule has 0 heterocycles. The topological polar surface area (TPSA) is 0 Å². The maximum atomic E-state index is 2.35. The molecule has 0 unspecified atom stereocenters. The van der Waals surface area contributed by atoms with Crippen molar-refractivity contribution in [3.63, 3.8) is 0 Å². The van der Waals surface area contributed by atoms with E-state index in [0.717, 1.165) is 0 Å². The fraction of sp³-hybridized carbons (Fsp3) is 0.571. The molecule has 0 atom stereocenters. The minimum atomic E-state index is 0.375. The summed E-state index contributed by atoms with van der Waals surface area (Å²) < 4.78 is 0. The van der Waals surface area contributed by atoms with Gasteiger partial charge in [0.15, 0.2) is 0 Å². The normalized spacial score (nSPS) is 22.6. The Morgan fingerprint density at radius 3 is 2.50 bits per heavy atom. The van der Waals surface area contributed by atoms with Crippen LogP contribution in [0.5, 0.6) is 0 Å². The van der Waals surface area contributed by atoms with Gasteiger partial charge in [0.2, 0.25) is 0 Å². The SMILES string of the molecule is CC=CC=CC1=C(C)CCCC1(C)C. The van der Waals surface area contributed by atoms with Gasteiger partial charge in [0.1, 0.15) is 0 Å². The van der Waals surface area contributed by atoms with Crippen LogP contribution in [-0.2, 0) is 0 Å². The van der Waals surface area contributed by atoms with Crippen molar-refractivity contribution >= 4 is 0 Å². The summed E-state index contributed by atoms with van der Waals surface area (Å²) in [5.41, 5.74) is 3.49. The van der Waals surface area contributed by atoms with Gasteiger partial charge in [0.05, 0.1) is 0 Å².